The second-order valence-electron chi connectivity index (χ2n) is 12.5. The fourth-order valence-electron chi connectivity index (χ4n) is 7.28. The molecular formula is C32H46F3N3O5. The maximum Gasteiger partial charge on any atom is 0.490 e. The topological polar surface area (TPSA) is 90.4 Å². The van der Waals surface area contributed by atoms with Crippen LogP contribution in [0.1, 0.15) is 94.3 Å². The minimum absolute atomic E-state index is 0.0529. The number of hydrogen-bond donors (Lipinski definition) is 1. The minimum Gasteiger partial charge on any atom is -0.475 e. The highest BCUT2D eigenvalue weighted by Gasteiger charge is 2.55. The van der Waals surface area contributed by atoms with Gasteiger partial charge in [-0.05, 0) is 50.2 Å². The van der Waals surface area contributed by atoms with Crippen molar-refractivity contribution >= 4 is 18.0 Å². The lowest BCUT2D eigenvalue weighted by molar-refractivity contribution is -0.192. The molecule has 2 amide bonds. The molecule has 1 aliphatic carbocycles. The molecule has 1 saturated carbocycles. The number of unbranched alkanes of at least 4 members (excludes halogenated alkanes) is 1. The Morgan fingerprint density at radius 2 is 1.58 bits per heavy atom. The molecule has 1 aromatic rings. The van der Waals surface area contributed by atoms with E-state index in [1.165, 1.54) is 32.1 Å². The zero-order valence-corrected chi connectivity index (χ0v) is 25.2. The monoisotopic (exact) mass is 609 g/mol. The van der Waals surface area contributed by atoms with E-state index in [-0.39, 0.29) is 23.6 Å². The van der Waals surface area contributed by atoms with Crippen LogP contribution in [0, 0.1) is 5.92 Å². The highest BCUT2D eigenvalue weighted by molar-refractivity contribution is 5.94. The van der Waals surface area contributed by atoms with Crippen LogP contribution >= 0.6 is 0 Å². The third-order valence-electron chi connectivity index (χ3n) is 9.70. The van der Waals surface area contributed by atoms with Crippen LogP contribution in [0.3, 0.4) is 0 Å². The molecule has 11 heteroatoms. The van der Waals surface area contributed by atoms with Crippen molar-refractivity contribution in [2.45, 2.75) is 108 Å². The Morgan fingerprint density at radius 3 is 2.14 bits per heavy atom. The molecule has 1 atom stereocenters. The van der Waals surface area contributed by atoms with Crippen LogP contribution in [-0.4, -0.2) is 94.4 Å². The first-order valence-electron chi connectivity index (χ1n) is 15.9. The number of carboxylic acids is 1. The lowest BCUT2D eigenvalue weighted by Gasteiger charge is -2.46. The zero-order valence-electron chi connectivity index (χ0n) is 25.2. The first-order chi connectivity index (χ1) is 20.5. The Kier molecular flexibility index (Phi) is 11.4. The smallest absolute Gasteiger partial charge is 0.475 e. The van der Waals surface area contributed by atoms with Crippen molar-refractivity contribution in [1.29, 1.82) is 0 Å². The number of aliphatic carboxylic acids is 1. The van der Waals surface area contributed by atoms with Gasteiger partial charge in [0.15, 0.2) is 0 Å². The van der Waals surface area contributed by atoms with Crippen molar-refractivity contribution < 1.29 is 37.4 Å². The van der Waals surface area contributed by atoms with Gasteiger partial charge in [0.1, 0.15) is 5.60 Å². The maximum atomic E-state index is 13.1. The van der Waals surface area contributed by atoms with Gasteiger partial charge >= 0.3 is 18.2 Å². The largest absolute Gasteiger partial charge is 0.490 e. The lowest BCUT2D eigenvalue weighted by Crippen LogP contribution is -2.56. The zero-order chi connectivity index (χ0) is 31.0. The lowest BCUT2D eigenvalue weighted by atomic mass is 9.80. The molecule has 1 N–H and O–H groups in total. The summed E-state index contributed by atoms with van der Waals surface area (Å²) in [6, 6.07) is 10.4. The molecule has 1 aromatic carbocycles. The van der Waals surface area contributed by atoms with E-state index in [0.717, 1.165) is 83.2 Å². The number of piperidine rings is 2. The molecule has 8 nitrogen and oxygen atoms in total. The molecule has 1 spiro atoms. The summed E-state index contributed by atoms with van der Waals surface area (Å²) < 4.78 is 38.0. The van der Waals surface area contributed by atoms with Crippen LogP contribution in [-0.2, 0) is 9.53 Å². The van der Waals surface area contributed by atoms with E-state index in [9.17, 15) is 22.8 Å². The summed E-state index contributed by atoms with van der Waals surface area (Å²) in [4.78, 5) is 41.7. The van der Waals surface area contributed by atoms with Gasteiger partial charge in [0.2, 0.25) is 0 Å². The summed E-state index contributed by atoms with van der Waals surface area (Å²) in [7, 11) is 0. The Morgan fingerprint density at radius 1 is 0.977 bits per heavy atom. The second-order valence-corrected chi connectivity index (χ2v) is 12.5. The number of nitrogens with zero attached hydrogens (tertiary/aromatic N) is 3. The standard InChI is InChI=1S/C30H45N3O3.C2HF3O2/c1-2-3-14-27-30(36-29(35)33(27)23-24-10-6-4-7-11-24)17-21-31(22-18-30)26-15-19-32(20-16-26)28(34)25-12-8-5-9-13-25;3-2(4,5)1(6)7/h5,8-9,12-13,24,26-27H,2-4,6-7,10-11,14-23H2,1H3;(H,6,7). The summed E-state index contributed by atoms with van der Waals surface area (Å²) in [5, 5.41) is 7.12. The number of carboxylic acid groups (broad SMARTS) is 1. The molecule has 3 heterocycles. The molecule has 43 heavy (non-hydrogen) atoms. The maximum absolute atomic E-state index is 13.1. The average molecular weight is 610 g/mol. The van der Waals surface area contributed by atoms with Crippen LogP contribution in [0.25, 0.3) is 0 Å². The van der Waals surface area contributed by atoms with E-state index in [1.807, 2.05) is 35.2 Å². The molecule has 0 aromatic heterocycles. The number of hydrogen-bond acceptors (Lipinski definition) is 5. The molecule has 4 aliphatic rings. The van der Waals surface area contributed by atoms with Crippen molar-refractivity contribution in [3.8, 4) is 0 Å². The predicted octanol–water partition coefficient (Wildman–Crippen LogP) is 6.35. The van der Waals surface area contributed by atoms with E-state index in [1.54, 1.807) is 0 Å². The van der Waals surface area contributed by atoms with Gasteiger partial charge in [-0.1, -0.05) is 57.2 Å². The van der Waals surface area contributed by atoms with E-state index in [2.05, 4.69) is 16.7 Å². The second kappa shape index (κ2) is 14.8. The van der Waals surface area contributed by atoms with Gasteiger partial charge in [0.25, 0.3) is 5.91 Å². The molecule has 0 bridgehead atoms. The molecular weight excluding hydrogens is 563 g/mol. The van der Waals surface area contributed by atoms with Gasteiger partial charge in [-0.2, -0.15) is 13.2 Å². The molecule has 3 aliphatic heterocycles. The van der Waals surface area contributed by atoms with Crippen molar-refractivity contribution in [1.82, 2.24) is 14.7 Å². The minimum atomic E-state index is -5.08. The van der Waals surface area contributed by atoms with Crippen molar-refractivity contribution in [3.05, 3.63) is 35.9 Å². The summed E-state index contributed by atoms with van der Waals surface area (Å²) in [6.45, 7) is 6.77. The molecule has 240 valence electrons. The predicted molar refractivity (Wildman–Crippen MR) is 156 cm³/mol. The number of halogens is 3. The molecule has 5 rings (SSSR count). The van der Waals surface area contributed by atoms with Gasteiger partial charge in [0, 0.05) is 57.2 Å². The van der Waals surface area contributed by atoms with Crippen LogP contribution in [0.5, 0.6) is 0 Å². The van der Waals surface area contributed by atoms with Crippen molar-refractivity contribution in [2.24, 2.45) is 5.92 Å². The highest BCUT2D eigenvalue weighted by atomic mass is 19.4. The number of ether oxygens (including phenoxy) is 1. The Hall–Kier alpha value is -2.82. The van der Waals surface area contributed by atoms with Gasteiger partial charge in [-0.15, -0.1) is 0 Å². The van der Waals surface area contributed by atoms with Gasteiger partial charge in [0.05, 0.1) is 6.04 Å². The van der Waals surface area contributed by atoms with Gasteiger partial charge in [-0.25, -0.2) is 9.59 Å². The summed E-state index contributed by atoms with van der Waals surface area (Å²) >= 11 is 0. The summed E-state index contributed by atoms with van der Waals surface area (Å²) in [5.41, 5.74) is 0.483. The van der Waals surface area contributed by atoms with E-state index in [0.29, 0.717) is 12.0 Å². The van der Waals surface area contributed by atoms with Crippen LogP contribution in [0.2, 0.25) is 0 Å². The average Bonchev–Trinajstić information content (AvgIpc) is 3.25. The first-order valence-corrected chi connectivity index (χ1v) is 15.9. The highest BCUT2D eigenvalue weighted by Crippen LogP contribution is 2.43. The Bertz CT molecular complexity index is 1060. The first kappa shape index (κ1) is 33.1. The van der Waals surface area contributed by atoms with E-state index < -0.39 is 12.1 Å². The summed E-state index contributed by atoms with van der Waals surface area (Å²) in [5.74, 6) is -1.96. The van der Waals surface area contributed by atoms with Crippen LogP contribution < -0.4 is 0 Å². The van der Waals surface area contributed by atoms with Crippen molar-refractivity contribution in [2.75, 3.05) is 32.7 Å². The quantitative estimate of drug-likeness (QED) is 0.388. The Labute approximate surface area is 252 Å². The summed E-state index contributed by atoms with van der Waals surface area (Å²) in [6.07, 6.45) is 8.66. The van der Waals surface area contributed by atoms with E-state index >= 15 is 0 Å². The van der Waals surface area contributed by atoms with Crippen LogP contribution in [0.15, 0.2) is 30.3 Å². The fraction of sp³-hybridized carbons (Fsp3) is 0.719. The molecule has 1 unspecified atom stereocenters. The van der Waals surface area contributed by atoms with Crippen LogP contribution in [0.4, 0.5) is 18.0 Å². The normalized spacial score (nSPS) is 23.5. The third kappa shape index (κ3) is 8.42. The van der Waals surface area contributed by atoms with Crippen molar-refractivity contribution in [3.63, 3.8) is 0 Å². The number of rotatable bonds is 7. The number of alkyl halides is 3. The number of benzene rings is 1. The van der Waals surface area contributed by atoms with Gasteiger partial charge in [-0.3, -0.25) is 9.69 Å². The molecule has 4 fully saturated rings. The van der Waals surface area contributed by atoms with Gasteiger partial charge < -0.3 is 19.6 Å². The number of carbonyl (C=O) groups is 3. The number of carbonyl (C=O) groups excluding carboxylic acids is 2. The fourth-order valence-corrected chi connectivity index (χ4v) is 7.28. The molecule has 0 radical (unpaired) electrons. The number of likely N-dealkylation sites (tertiary alicyclic amines) is 2. The Balaban J connectivity index is 0.000000541. The van der Waals surface area contributed by atoms with E-state index in [4.69, 9.17) is 14.6 Å². The SMILES string of the molecule is CCCCC1N(CC2CCCCC2)C(=O)OC12CCN(C1CCN(C(=O)c3ccccc3)CC1)CC2.O=C(O)C(F)(F)F. The third-order valence-corrected chi connectivity index (χ3v) is 9.70. The number of amides is 2. The molecule has 3 saturated heterocycles.